The van der Waals surface area contributed by atoms with Crippen molar-refractivity contribution in [2.45, 2.75) is 71.0 Å². The maximum atomic E-state index is 12.6. The number of hydrogen-bond donors (Lipinski definition) is 2. The molecule has 1 aromatic carbocycles. The highest BCUT2D eigenvalue weighted by molar-refractivity contribution is 5.88. The number of likely N-dealkylation sites (tertiary alicyclic amines) is 1. The molecule has 25 heavy (non-hydrogen) atoms. The van der Waals surface area contributed by atoms with Crippen LogP contribution in [0.25, 0.3) is 0 Å². The normalized spacial score (nSPS) is 21.1. The number of nitrogens with one attached hydrogen (secondary N) is 2. The van der Waals surface area contributed by atoms with E-state index in [1.165, 1.54) is 16.7 Å². The van der Waals surface area contributed by atoms with Crippen LogP contribution in [-0.2, 0) is 11.2 Å². The second-order valence-electron chi connectivity index (χ2n) is 7.62. The van der Waals surface area contributed by atoms with E-state index in [9.17, 15) is 9.59 Å². The third kappa shape index (κ3) is 4.53. The lowest BCUT2D eigenvalue weighted by atomic mass is 10.00. The second kappa shape index (κ2) is 7.46. The van der Waals surface area contributed by atoms with Crippen molar-refractivity contribution < 1.29 is 9.59 Å². The van der Waals surface area contributed by atoms with Crippen LogP contribution in [0.15, 0.2) is 18.2 Å². The van der Waals surface area contributed by atoms with E-state index in [1.807, 2.05) is 6.92 Å². The van der Waals surface area contributed by atoms with Crippen LogP contribution in [0.5, 0.6) is 0 Å². The van der Waals surface area contributed by atoms with Gasteiger partial charge >= 0.3 is 6.03 Å². The molecule has 1 aliphatic carbocycles. The Morgan fingerprint density at radius 1 is 1.24 bits per heavy atom. The smallest absolute Gasteiger partial charge is 0.318 e. The van der Waals surface area contributed by atoms with Crippen molar-refractivity contribution in [3.63, 3.8) is 0 Å². The molecule has 0 radical (unpaired) electrons. The van der Waals surface area contributed by atoms with Crippen LogP contribution in [0.3, 0.4) is 0 Å². The third-order valence-electron chi connectivity index (χ3n) is 5.13. The summed E-state index contributed by atoms with van der Waals surface area (Å²) in [7, 11) is 0. The van der Waals surface area contributed by atoms with Gasteiger partial charge in [-0.15, -0.1) is 0 Å². The molecule has 136 valence electrons. The lowest BCUT2D eigenvalue weighted by Gasteiger charge is -2.26. The first-order valence-electron chi connectivity index (χ1n) is 9.37. The molecule has 5 heteroatoms. The van der Waals surface area contributed by atoms with E-state index in [1.54, 1.807) is 4.90 Å². The predicted octanol–water partition coefficient (Wildman–Crippen LogP) is 2.69. The molecule has 1 heterocycles. The van der Waals surface area contributed by atoms with Gasteiger partial charge < -0.3 is 15.5 Å². The van der Waals surface area contributed by atoms with Crippen LogP contribution in [0.4, 0.5) is 4.79 Å². The summed E-state index contributed by atoms with van der Waals surface area (Å²) in [6.45, 7) is 6.87. The molecule has 1 saturated carbocycles. The second-order valence-corrected chi connectivity index (χ2v) is 7.62. The van der Waals surface area contributed by atoms with Crippen molar-refractivity contribution in [1.82, 2.24) is 15.5 Å². The number of amides is 3. The van der Waals surface area contributed by atoms with Crippen LogP contribution in [0, 0.1) is 13.8 Å². The van der Waals surface area contributed by atoms with Gasteiger partial charge in [-0.05, 0) is 64.0 Å². The molecule has 0 bridgehead atoms. The highest BCUT2D eigenvalue weighted by Crippen LogP contribution is 2.22. The molecular weight excluding hydrogens is 314 g/mol. The number of hydrogen-bond acceptors (Lipinski definition) is 2. The number of carbonyl (C=O) groups is 2. The third-order valence-corrected chi connectivity index (χ3v) is 5.13. The van der Waals surface area contributed by atoms with Gasteiger partial charge in [0.15, 0.2) is 0 Å². The molecule has 2 N–H and O–H groups in total. The van der Waals surface area contributed by atoms with Gasteiger partial charge in [-0.2, -0.15) is 0 Å². The van der Waals surface area contributed by atoms with Crippen molar-refractivity contribution in [2.24, 2.45) is 0 Å². The number of aryl methyl sites for hydroxylation is 2. The molecule has 1 aromatic rings. The maximum absolute atomic E-state index is 12.6. The summed E-state index contributed by atoms with van der Waals surface area (Å²) in [4.78, 5) is 26.7. The van der Waals surface area contributed by atoms with Crippen LogP contribution < -0.4 is 10.6 Å². The van der Waals surface area contributed by atoms with Gasteiger partial charge in [-0.3, -0.25) is 4.79 Å². The number of benzene rings is 1. The average Bonchev–Trinajstić information content (AvgIpc) is 3.22. The standard InChI is InChI=1S/C20H29N3O2/c1-13-6-7-16(14(2)11-13)12-15(3)21-20(25)23-10-4-5-18(23)19(24)22-17-8-9-17/h6-7,11,15,17-18H,4-5,8-10,12H2,1-3H3,(H,21,25)(H,22,24). The summed E-state index contributed by atoms with van der Waals surface area (Å²) < 4.78 is 0. The van der Waals surface area contributed by atoms with Crippen molar-refractivity contribution in [1.29, 1.82) is 0 Å². The molecule has 3 rings (SSSR count). The fourth-order valence-electron chi connectivity index (χ4n) is 3.56. The Morgan fingerprint density at radius 2 is 2.00 bits per heavy atom. The molecule has 2 unspecified atom stereocenters. The lowest BCUT2D eigenvalue weighted by Crippen LogP contribution is -2.51. The molecule has 1 aliphatic heterocycles. The van der Waals surface area contributed by atoms with Crippen LogP contribution in [0.1, 0.15) is 49.3 Å². The zero-order chi connectivity index (χ0) is 18.0. The largest absolute Gasteiger partial charge is 0.352 e. The van der Waals surface area contributed by atoms with Crippen molar-refractivity contribution in [2.75, 3.05) is 6.54 Å². The minimum Gasteiger partial charge on any atom is -0.352 e. The van der Waals surface area contributed by atoms with Gasteiger partial charge in [0, 0.05) is 18.6 Å². The predicted molar refractivity (Wildman–Crippen MR) is 98.5 cm³/mol. The van der Waals surface area contributed by atoms with E-state index in [0.717, 1.165) is 32.1 Å². The van der Waals surface area contributed by atoms with Crippen molar-refractivity contribution in [3.8, 4) is 0 Å². The van der Waals surface area contributed by atoms with Gasteiger partial charge in [0.05, 0.1) is 0 Å². The highest BCUT2D eigenvalue weighted by atomic mass is 16.2. The molecule has 0 spiro atoms. The summed E-state index contributed by atoms with van der Waals surface area (Å²) >= 11 is 0. The highest BCUT2D eigenvalue weighted by Gasteiger charge is 2.36. The SMILES string of the molecule is Cc1ccc(CC(C)NC(=O)N2CCCC2C(=O)NC2CC2)c(C)c1. The van der Waals surface area contributed by atoms with Gasteiger partial charge in [0.1, 0.15) is 6.04 Å². The van der Waals surface area contributed by atoms with Crippen molar-refractivity contribution in [3.05, 3.63) is 34.9 Å². The minimum atomic E-state index is -0.311. The summed E-state index contributed by atoms with van der Waals surface area (Å²) in [5.74, 6) is 0.0113. The first kappa shape index (κ1) is 17.8. The average molecular weight is 343 g/mol. The molecule has 2 atom stereocenters. The Kier molecular flexibility index (Phi) is 5.30. The Hall–Kier alpha value is -2.04. The number of carbonyl (C=O) groups excluding carboxylic acids is 2. The minimum absolute atomic E-state index is 0.0113. The Balaban J connectivity index is 1.55. The molecule has 0 aromatic heterocycles. The summed E-state index contributed by atoms with van der Waals surface area (Å²) in [5.41, 5.74) is 3.76. The Bertz CT molecular complexity index is 654. The summed E-state index contributed by atoms with van der Waals surface area (Å²) in [5, 5.41) is 6.10. The van der Waals surface area contributed by atoms with Gasteiger partial charge in [-0.25, -0.2) is 4.79 Å². The zero-order valence-corrected chi connectivity index (χ0v) is 15.5. The maximum Gasteiger partial charge on any atom is 0.318 e. The van der Waals surface area contributed by atoms with E-state index in [0.29, 0.717) is 12.6 Å². The molecular formula is C20H29N3O2. The van der Waals surface area contributed by atoms with Gasteiger partial charge in [0.25, 0.3) is 0 Å². The zero-order valence-electron chi connectivity index (χ0n) is 15.5. The molecule has 2 fully saturated rings. The quantitative estimate of drug-likeness (QED) is 0.863. The van der Waals surface area contributed by atoms with Crippen LogP contribution in [-0.4, -0.2) is 41.5 Å². The summed E-state index contributed by atoms with van der Waals surface area (Å²) in [6, 6.07) is 6.34. The van der Waals surface area contributed by atoms with E-state index in [4.69, 9.17) is 0 Å². The molecule has 5 nitrogen and oxygen atoms in total. The van der Waals surface area contributed by atoms with E-state index >= 15 is 0 Å². The van der Waals surface area contributed by atoms with Crippen molar-refractivity contribution >= 4 is 11.9 Å². The number of urea groups is 1. The fraction of sp³-hybridized carbons (Fsp3) is 0.600. The molecule has 3 amide bonds. The molecule has 2 aliphatic rings. The first-order valence-corrected chi connectivity index (χ1v) is 9.37. The Labute approximate surface area is 150 Å². The van der Waals surface area contributed by atoms with Crippen LogP contribution in [0.2, 0.25) is 0 Å². The van der Waals surface area contributed by atoms with Crippen LogP contribution >= 0.6 is 0 Å². The lowest BCUT2D eigenvalue weighted by molar-refractivity contribution is -0.124. The Morgan fingerprint density at radius 3 is 2.68 bits per heavy atom. The van der Waals surface area contributed by atoms with Gasteiger partial charge in [0.2, 0.25) is 5.91 Å². The first-order chi connectivity index (χ1) is 11.9. The molecule has 1 saturated heterocycles. The number of nitrogens with zero attached hydrogens (tertiary/aromatic N) is 1. The monoisotopic (exact) mass is 343 g/mol. The summed E-state index contributed by atoms with van der Waals surface area (Å²) in [6.07, 6.45) is 4.58. The number of rotatable bonds is 5. The fourth-order valence-corrected chi connectivity index (χ4v) is 3.56. The van der Waals surface area contributed by atoms with Gasteiger partial charge in [-0.1, -0.05) is 23.8 Å². The topological polar surface area (TPSA) is 61.4 Å². The van der Waals surface area contributed by atoms with E-state index in [-0.39, 0.29) is 24.0 Å². The van der Waals surface area contributed by atoms with E-state index < -0.39 is 0 Å². The van der Waals surface area contributed by atoms with E-state index in [2.05, 4.69) is 42.7 Å².